The number of aliphatic hydroxyl groups excluding tert-OH is 1. The third-order valence-electron chi connectivity index (χ3n) is 6.82. The number of amides is 1. The summed E-state index contributed by atoms with van der Waals surface area (Å²) in [6, 6.07) is 18.1. The lowest BCUT2D eigenvalue weighted by atomic mass is 9.94. The van der Waals surface area contributed by atoms with E-state index in [4.69, 9.17) is 4.74 Å². The number of aromatic hydroxyl groups is 1. The minimum atomic E-state index is -0.869. The fourth-order valence-corrected chi connectivity index (χ4v) is 4.81. The highest BCUT2D eigenvalue weighted by molar-refractivity contribution is 6.51. The van der Waals surface area contributed by atoms with Crippen LogP contribution in [0.2, 0.25) is 0 Å². The van der Waals surface area contributed by atoms with Gasteiger partial charge in [0.25, 0.3) is 11.7 Å². The number of phenolic OH excluding ortho intramolecular Hbond substituents is 1. The standard InChI is InChI=1S/C31H34N2O5/c1-5-18-38-26-17-10-22(19-20(26)4)29(35)27-28(21-8-15-25(34)16-9-21)33(31(37)30(27)36)24-13-11-23(12-14-24)32(6-2)7-3/h8-17,19,28,34-35H,5-7,18H2,1-4H3/b29-27-. The molecule has 38 heavy (non-hydrogen) atoms. The Labute approximate surface area is 223 Å². The van der Waals surface area contributed by atoms with Crippen LogP contribution >= 0.6 is 0 Å². The summed E-state index contributed by atoms with van der Waals surface area (Å²) in [6.07, 6.45) is 0.868. The first kappa shape index (κ1) is 26.8. The van der Waals surface area contributed by atoms with Crippen molar-refractivity contribution in [2.75, 3.05) is 29.5 Å². The minimum Gasteiger partial charge on any atom is -0.508 e. The molecule has 3 aromatic carbocycles. The van der Waals surface area contributed by atoms with E-state index in [1.54, 1.807) is 30.3 Å². The number of anilines is 2. The number of ether oxygens (including phenoxy) is 1. The van der Waals surface area contributed by atoms with Crippen LogP contribution in [0.4, 0.5) is 11.4 Å². The summed E-state index contributed by atoms with van der Waals surface area (Å²) >= 11 is 0. The second-order valence-electron chi connectivity index (χ2n) is 9.28. The van der Waals surface area contributed by atoms with Crippen LogP contribution in [0.3, 0.4) is 0 Å². The van der Waals surface area contributed by atoms with Crippen LogP contribution in [0.25, 0.3) is 5.76 Å². The molecular formula is C31H34N2O5. The van der Waals surface area contributed by atoms with Gasteiger partial charge in [-0.1, -0.05) is 19.1 Å². The van der Waals surface area contributed by atoms with Gasteiger partial charge in [0, 0.05) is 30.0 Å². The van der Waals surface area contributed by atoms with Gasteiger partial charge >= 0.3 is 0 Å². The van der Waals surface area contributed by atoms with E-state index in [1.165, 1.54) is 17.0 Å². The van der Waals surface area contributed by atoms with Crippen LogP contribution in [0, 0.1) is 6.92 Å². The predicted molar refractivity (Wildman–Crippen MR) is 150 cm³/mol. The zero-order valence-electron chi connectivity index (χ0n) is 22.3. The van der Waals surface area contributed by atoms with Gasteiger partial charge in [-0.25, -0.2) is 0 Å². The molecule has 1 saturated heterocycles. The van der Waals surface area contributed by atoms with Crippen LogP contribution in [-0.2, 0) is 9.59 Å². The fraction of sp³-hybridized carbons (Fsp3) is 0.290. The number of hydrogen-bond donors (Lipinski definition) is 2. The molecule has 2 N–H and O–H groups in total. The van der Waals surface area contributed by atoms with Gasteiger partial charge in [0.05, 0.1) is 18.2 Å². The third-order valence-corrected chi connectivity index (χ3v) is 6.82. The lowest BCUT2D eigenvalue weighted by molar-refractivity contribution is -0.132. The van der Waals surface area contributed by atoms with Crippen molar-refractivity contribution in [3.05, 3.63) is 89.0 Å². The van der Waals surface area contributed by atoms with Crippen LogP contribution in [0.1, 0.15) is 49.9 Å². The smallest absolute Gasteiger partial charge is 0.300 e. The molecule has 7 heteroatoms. The molecule has 1 aliphatic heterocycles. The summed E-state index contributed by atoms with van der Waals surface area (Å²) in [4.78, 5) is 30.4. The Bertz CT molecular complexity index is 1340. The summed E-state index contributed by atoms with van der Waals surface area (Å²) < 4.78 is 5.75. The Hall–Kier alpha value is -4.26. The monoisotopic (exact) mass is 514 g/mol. The van der Waals surface area contributed by atoms with E-state index in [2.05, 4.69) is 18.7 Å². The highest BCUT2D eigenvalue weighted by Crippen LogP contribution is 2.43. The summed E-state index contributed by atoms with van der Waals surface area (Å²) in [7, 11) is 0. The summed E-state index contributed by atoms with van der Waals surface area (Å²) in [5.41, 5.74) is 3.37. The molecule has 1 fully saturated rings. The molecule has 4 rings (SSSR count). The number of phenols is 1. The van der Waals surface area contributed by atoms with E-state index in [0.29, 0.717) is 29.2 Å². The quantitative estimate of drug-likeness (QED) is 0.208. The molecular weight excluding hydrogens is 480 g/mol. The molecule has 1 heterocycles. The maximum atomic E-state index is 13.4. The molecule has 0 bridgehead atoms. The van der Waals surface area contributed by atoms with E-state index in [1.807, 2.05) is 38.1 Å². The van der Waals surface area contributed by atoms with E-state index in [0.717, 1.165) is 30.8 Å². The molecule has 1 atom stereocenters. The minimum absolute atomic E-state index is 0.00450. The average Bonchev–Trinajstić information content (AvgIpc) is 3.19. The molecule has 1 amide bonds. The van der Waals surface area contributed by atoms with Gasteiger partial charge < -0.3 is 19.8 Å². The average molecular weight is 515 g/mol. The van der Waals surface area contributed by atoms with Gasteiger partial charge in [0.15, 0.2) is 0 Å². The largest absolute Gasteiger partial charge is 0.508 e. The Kier molecular flexibility index (Phi) is 8.05. The Morgan fingerprint density at radius 1 is 0.947 bits per heavy atom. The van der Waals surface area contributed by atoms with Gasteiger partial charge in [-0.15, -0.1) is 0 Å². The Balaban J connectivity index is 1.83. The molecule has 1 aliphatic rings. The van der Waals surface area contributed by atoms with Gasteiger partial charge in [0.2, 0.25) is 0 Å². The number of carbonyl (C=O) groups excluding carboxylic acids is 2. The number of Topliss-reactive ketones (excluding diaryl/α,β-unsaturated/α-hetero) is 1. The van der Waals surface area contributed by atoms with Crippen molar-refractivity contribution in [2.24, 2.45) is 0 Å². The van der Waals surface area contributed by atoms with Crippen molar-refractivity contribution in [1.29, 1.82) is 0 Å². The predicted octanol–water partition coefficient (Wildman–Crippen LogP) is 5.96. The number of carbonyl (C=O) groups is 2. The lowest BCUT2D eigenvalue weighted by Gasteiger charge is -2.27. The van der Waals surface area contributed by atoms with Crippen molar-refractivity contribution < 1.29 is 24.5 Å². The molecule has 3 aromatic rings. The summed E-state index contributed by atoms with van der Waals surface area (Å²) in [5.74, 6) is -0.981. The van der Waals surface area contributed by atoms with Crippen molar-refractivity contribution in [3.63, 3.8) is 0 Å². The molecule has 0 aliphatic carbocycles. The van der Waals surface area contributed by atoms with Gasteiger partial charge in [-0.2, -0.15) is 0 Å². The zero-order valence-corrected chi connectivity index (χ0v) is 22.3. The van der Waals surface area contributed by atoms with Crippen molar-refractivity contribution in [3.8, 4) is 11.5 Å². The fourth-order valence-electron chi connectivity index (χ4n) is 4.81. The first-order chi connectivity index (χ1) is 18.3. The van der Waals surface area contributed by atoms with E-state index in [-0.39, 0.29) is 17.1 Å². The van der Waals surface area contributed by atoms with Crippen LogP contribution < -0.4 is 14.5 Å². The normalized spacial score (nSPS) is 16.6. The Morgan fingerprint density at radius 3 is 2.18 bits per heavy atom. The van der Waals surface area contributed by atoms with E-state index in [9.17, 15) is 19.8 Å². The molecule has 0 radical (unpaired) electrons. The number of nitrogens with zero attached hydrogens (tertiary/aromatic N) is 2. The second-order valence-corrected chi connectivity index (χ2v) is 9.28. The maximum Gasteiger partial charge on any atom is 0.300 e. The Morgan fingerprint density at radius 2 is 1.61 bits per heavy atom. The number of aryl methyl sites for hydroxylation is 1. The second kappa shape index (κ2) is 11.4. The molecule has 198 valence electrons. The van der Waals surface area contributed by atoms with E-state index >= 15 is 0 Å². The third kappa shape index (κ3) is 5.09. The van der Waals surface area contributed by atoms with Gasteiger partial charge in [-0.3, -0.25) is 14.5 Å². The summed E-state index contributed by atoms with van der Waals surface area (Å²) in [6.45, 7) is 10.3. The highest BCUT2D eigenvalue weighted by Gasteiger charge is 2.47. The zero-order chi connectivity index (χ0) is 27.4. The number of hydrogen-bond acceptors (Lipinski definition) is 6. The van der Waals surface area contributed by atoms with Crippen molar-refractivity contribution >= 4 is 28.8 Å². The lowest BCUT2D eigenvalue weighted by Crippen LogP contribution is -2.29. The number of benzene rings is 3. The molecule has 0 aromatic heterocycles. The van der Waals surface area contributed by atoms with Gasteiger partial charge in [-0.05, 0) is 92.9 Å². The summed E-state index contributed by atoms with van der Waals surface area (Å²) in [5, 5.41) is 21.3. The van der Waals surface area contributed by atoms with E-state index < -0.39 is 17.7 Å². The molecule has 1 unspecified atom stereocenters. The molecule has 0 spiro atoms. The van der Waals surface area contributed by atoms with Gasteiger partial charge in [0.1, 0.15) is 17.3 Å². The molecule has 7 nitrogen and oxygen atoms in total. The molecule has 0 saturated carbocycles. The van der Waals surface area contributed by atoms with Crippen molar-refractivity contribution in [1.82, 2.24) is 0 Å². The van der Waals surface area contributed by atoms with Crippen LogP contribution in [-0.4, -0.2) is 41.6 Å². The number of aliphatic hydroxyl groups is 1. The first-order valence-corrected chi connectivity index (χ1v) is 13.0. The number of rotatable bonds is 9. The van der Waals surface area contributed by atoms with Crippen LogP contribution in [0.15, 0.2) is 72.3 Å². The van der Waals surface area contributed by atoms with Crippen molar-refractivity contribution in [2.45, 2.75) is 40.2 Å². The SMILES string of the molecule is CCCOc1ccc(/C(O)=C2/C(=O)C(=O)N(c3ccc(N(CC)CC)cc3)C2c2ccc(O)cc2)cc1C. The highest BCUT2D eigenvalue weighted by atomic mass is 16.5. The van der Waals surface area contributed by atoms with Crippen LogP contribution in [0.5, 0.6) is 11.5 Å². The maximum absolute atomic E-state index is 13.4. The topological polar surface area (TPSA) is 90.3 Å². The first-order valence-electron chi connectivity index (χ1n) is 13.0. The number of ketones is 1.